The Bertz CT molecular complexity index is 272. The van der Waals surface area contributed by atoms with Gasteiger partial charge in [-0.1, -0.05) is 96.9 Å². The summed E-state index contributed by atoms with van der Waals surface area (Å²) in [6, 6.07) is 0. The predicted molar refractivity (Wildman–Crippen MR) is 98.7 cm³/mol. The van der Waals surface area contributed by atoms with Crippen LogP contribution in [0.25, 0.3) is 0 Å². The van der Waals surface area contributed by atoms with Crippen molar-refractivity contribution in [2.24, 2.45) is 17.8 Å². The largest absolute Gasteiger partial charge is 0.0991 e. The van der Waals surface area contributed by atoms with Gasteiger partial charge in [-0.3, -0.25) is 0 Å². The summed E-state index contributed by atoms with van der Waals surface area (Å²) in [5, 5.41) is 0. The minimum atomic E-state index is 0.871. The van der Waals surface area contributed by atoms with Crippen LogP contribution >= 0.6 is 0 Å². The van der Waals surface area contributed by atoms with Crippen LogP contribution in [0.3, 0.4) is 0 Å². The summed E-state index contributed by atoms with van der Waals surface area (Å²) >= 11 is 0. The minimum Gasteiger partial charge on any atom is -0.0991 e. The van der Waals surface area contributed by atoms with E-state index in [0.29, 0.717) is 0 Å². The zero-order valence-electron chi connectivity index (χ0n) is 15.5. The summed E-state index contributed by atoms with van der Waals surface area (Å²) in [5.74, 6) is 2.69. The fraction of sp³-hybridized carbons (Fsp3) is 0.810. The van der Waals surface area contributed by atoms with Crippen molar-refractivity contribution in [1.29, 1.82) is 0 Å². The van der Waals surface area contributed by atoms with Crippen molar-refractivity contribution in [1.82, 2.24) is 0 Å². The second-order valence-electron chi connectivity index (χ2n) is 7.61. The number of rotatable bonds is 13. The van der Waals surface area contributed by atoms with Crippen molar-refractivity contribution >= 4 is 0 Å². The Balaban J connectivity index is 3.54. The smallest absolute Gasteiger partial charge is 0.0320 e. The average Bonchev–Trinajstić information content (AvgIpc) is 2.38. The zero-order valence-corrected chi connectivity index (χ0v) is 15.5. The van der Waals surface area contributed by atoms with Crippen molar-refractivity contribution in [3.05, 3.63) is 24.3 Å². The lowest BCUT2D eigenvalue weighted by Crippen LogP contribution is -2.00. The summed E-state index contributed by atoms with van der Waals surface area (Å²) < 4.78 is 0. The molecule has 0 aromatic heterocycles. The lowest BCUT2D eigenvalue weighted by atomic mass is 9.91. The van der Waals surface area contributed by atoms with E-state index >= 15 is 0 Å². The Morgan fingerprint density at radius 1 is 0.810 bits per heavy atom. The van der Waals surface area contributed by atoms with Crippen LogP contribution in [0.5, 0.6) is 0 Å². The fourth-order valence-electron chi connectivity index (χ4n) is 2.99. The third-order valence-corrected chi connectivity index (χ3v) is 4.54. The average molecular weight is 293 g/mol. The highest BCUT2D eigenvalue weighted by molar-refractivity contribution is 5.07. The zero-order chi connectivity index (χ0) is 16.1. The molecule has 0 spiro atoms. The van der Waals surface area contributed by atoms with Gasteiger partial charge in [-0.05, 0) is 37.5 Å². The van der Waals surface area contributed by atoms with E-state index < -0.39 is 0 Å². The quantitative estimate of drug-likeness (QED) is 0.307. The Kier molecular flexibility index (Phi) is 12.8. The van der Waals surface area contributed by atoms with Gasteiger partial charge in [0.1, 0.15) is 0 Å². The summed E-state index contributed by atoms with van der Waals surface area (Å²) in [7, 11) is 0. The molecule has 0 aromatic carbocycles. The molecule has 0 saturated carbocycles. The maximum absolute atomic E-state index is 3.76. The second-order valence-corrected chi connectivity index (χ2v) is 7.61. The number of hydrogen-bond donors (Lipinski definition) is 0. The van der Waals surface area contributed by atoms with E-state index in [1.807, 2.05) is 6.08 Å². The first-order valence-corrected chi connectivity index (χ1v) is 9.23. The van der Waals surface area contributed by atoms with Crippen molar-refractivity contribution in [2.75, 3.05) is 0 Å². The first-order chi connectivity index (χ1) is 9.95. The molecule has 0 nitrogen and oxygen atoms in total. The van der Waals surface area contributed by atoms with Gasteiger partial charge in [-0.25, -0.2) is 0 Å². The van der Waals surface area contributed by atoms with E-state index in [0.717, 1.165) is 17.8 Å². The second kappa shape index (κ2) is 13.2. The Hall–Kier alpha value is -0.520. The lowest BCUT2D eigenvalue weighted by molar-refractivity contribution is 0.389. The molecule has 0 aliphatic heterocycles. The monoisotopic (exact) mass is 292 g/mol. The van der Waals surface area contributed by atoms with E-state index in [2.05, 4.69) is 47.3 Å². The molecule has 0 radical (unpaired) electrons. The molecule has 0 rings (SSSR count). The topological polar surface area (TPSA) is 0 Å². The van der Waals surface area contributed by atoms with E-state index in [1.54, 1.807) is 0 Å². The van der Waals surface area contributed by atoms with Gasteiger partial charge in [0, 0.05) is 0 Å². The lowest BCUT2D eigenvalue weighted by Gasteiger charge is -2.15. The molecule has 0 aliphatic carbocycles. The van der Waals surface area contributed by atoms with Gasteiger partial charge in [-0.2, -0.15) is 0 Å². The van der Waals surface area contributed by atoms with Crippen LogP contribution in [0.15, 0.2) is 24.3 Å². The third-order valence-electron chi connectivity index (χ3n) is 4.54. The van der Waals surface area contributed by atoms with Gasteiger partial charge in [0.15, 0.2) is 0 Å². The first-order valence-electron chi connectivity index (χ1n) is 9.23. The van der Waals surface area contributed by atoms with Gasteiger partial charge in [-0.15, -0.1) is 0 Å². The summed E-state index contributed by atoms with van der Waals surface area (Å²) in [4.78, 5) is 0. The molecule has 2 atom stereocenters. The molecule has 0 heterocycles. The molecule has 2 unspecified atom stereocenters. The van der Waals surface area contributed by atoms with Crippen molar-refractivity contribution < 1.29 is 0 Å². The molecule has 0 saturated heterocycles. The normalized spacial score (nSPS) is 15.2. The standard InChI is InChI=1S/C21H40/c1-7-11-19(4)14-9-15-21(6)17-10-16-20(5)13-8-12-18(2)3/h7,11,18,20-21H,1,8-10,12-17H2,2-6H3/b19-11+. The van der Waals surface area contributed by atoms with Crippen LogP contribution < -0.4 is 0 Å². The van der Waals surface area contributed by atoms with Gasteiger partial charge in [0.25, 0.3) is 0 Å². The molecule has 0 aliphatic rings. The predicted octanol–water partition coefficient (Wildman–Crippen LogP) is 7.56. The van der Waals surface area contributed by atoms with Crippen LogP contribution in [0, 0.1) is 17.8 Å². The summed E-state index contributed by atoms with van der Waals surface area (Å²) in [6.07, 6.45) is 16.5. The maximum atomic E-state index is 3.76. The van der Waals surface area contributed by atoms with Crippen LogP contribution in [0.1, 0.15) is 92.4 Å². The van der Waals surface area contributed by atoms with Crippen LogP contribution in [0.4, 0.5) is 0 Å². The molecule has 0 N–H and O–H groups in total. The molecule has 0 fully saturated rings. The summed E-state index contributed by atoms with van der Waals surface area (Å²) in [6.45, 7) is 15.5. The fourth-order valence-corrected chi connectivity index (χ4v) is 2.99. The first kappa shape index (κ1) is 20.5. The van der Waals surface area contributed by atoms with E-state index in [9.17, 15) is 0 Å². The molecular weight excluding hydrogens is 252 g/mol. The molecule has 0 bridgehead atoms. The van der Waals surface area contributed by atoms with Crippen LogP contribution in [-0.4, -0.2) is 0 Å². The molecule has 0 heteroatoms. The number of hydrogen-bond acceptors (Lipinski definition) is 0. The van der Waals surface area contributed by atoms with Crippen LogP contribution in [-0.2, 0) is 0 Å². The Labute approximate surface area is 135 Å². The number of allylic oxidation sites excluding steroid dienone is 3. The highest BCUT2D eigenvalue weighted by atomic mass is 14.1. The Morgan fingerprint density at radius 3 is 1.76 bits per heavy atom. The highest BCUT2D eigenvalue weighted by Crippen LogP contribution is 2.21. The van der Waals surface area contributed by atoms with Gasteiger partial charge < -0.3 is 0 Å². The minimum absolute atomic E-state index is 0.871. The molecule has 124 valence electrons. The SMILES string of the molecule is C=C/C=C(\C)CCCC(C)CCCC(C)CCCC(C)C. The van der Waals surface area contributed by atoms with E-state index in [1.165, 1.54) is 63.4 Å². The maximum Gasteiger partial charge on any atom is -0.0320 e. The molecular formula is C21H40. The van der Waals surface area contributed by atoms with Gasteiger partial charge in [0.05, 0.1) is 0 Å². The van der Waals surface area contributed by atoms with Crippen molar-refractivity contribution in [3.63, 3.8) is 0 Å². The Morgan fingerprint density at radius 2 is 1.29 bits per heavy atom. The third kappa shape index (κ3) is 14.2. The molecule has 21 heavy (non-hydrogen) atoms. The van der Waals surface area contributed by atoms with Crippen molar-refractivity contribution in [2.45, 2.75) is 92.4 Å². The summed E-state index contributed by atoms with van der Waals surface area (Å²) in [5.41, 5.74) is 1.47. The van der Waals surface area contributed by atoms with Gasteiger partial charge >= 0.3 is 0 Å². The van der Waals surface area contributed by atoms with E-state index in [-0.39, 0.29) is 0 Å². The molecule has 0 amide bonds. The molecule has 0 aromatic rings. The van der Waals surface area contributed by atoms with Gasteiger partial charge in [0.2, 0.25) is 0 Å². The highest BCUT2D eigenvalue weighted by Gasteiger charge is 2.06. The van der Waals surface area contributed by atoms with E-state index in [4.69, 9.17) is 0 Å². The van der Waals surface area contributed by atoms with Crippen molar-refractivity contribution in [3.8, 4) is 0 Å². The van der Waals surface area contributed by atoms with Crippen LogP contribution in [0.2, 0.25) is 0 Å².